The Morgan fingerprint density at radius 3 is 2.52 bits per heavy atom. The monoisotopic (exact) mass is 346 g/mol. The number of rotatable bonds is 7. The lowest BCUT2D eigenvalue weighted by Gasteiger charge is -2.23. The summed E-state index contributed by atoms with van der Waals surface area (Å²) in [6, 6.07) is 6.13. The fourth-order valence-electron chi connectivity index (χ4n) is 2.39. The molecule has 0 unspecified atom stereocenters. The summed E-state index contributed by atoms with van der Waals surface area (Å²) in [5.41, 5.74) is 0.620. The summed E-state index contributed by atoms with van der Waals surface area (Å²) >= 11 is 0. The number of carboxylic acid groups (broad SMARTS) is 1. The van der Waals surface area contributed by atoms with Crippen molar-refractivity contribution >= 4 is 17.7 Å². The molecule has 0 aliphatic carbocycles. The zero-order valence-electron chi connectivity index (χ0n) is 14.4. The van der Waals surface area contributed by atoms with Crippen molar-refractivity contribution in [1.82, 2.24) is 14.9 Å². The number of carbonyl (C=O) groups is 2. The zero-order valence-corrected chi connectivity index (χ0v) is 14.4. The first-order valence-corrected chi connectivity index (χ1v) is 7.85. The maximum Gasteiger partial charge on any atom is 0.323 e. The molecule has 0 aliphatic heterocycles. The van der Waals surface area contributed by atoms with Crippen LogP contribution in [0.4, 0.5) is 10.5 Å². The summed E-state index contributed by atoms with van der Waals surface area (Å²) in [5, 5.41) is 14.6. The van der Waals surface area contributed by atoms with Crippen LogP contribution in [0.25, 0.3) is 0 Å². The van der Waals surface area contributed by atoms with Crippen LogP contribution in [0, 0.1) is 5.92 Å². The normalized spacial score (nSPS) is 11.8. The van der Waals surface area contributed by atoms with Gasteiger partial charge in [-0.3, -0.25) is 4.79 Å². The molecule has 0 bridgehead atoms. The molecule has 1 aromatic carbocycles. The van der Waals surface area contributed by atoms with Gasteiger partial charge in [0.1, 0.15) is 18.1 Å². The van der Waals surface area contributed by atoms with E-state index in [4.69, 9.17) is 9.84 Å². The van der Waals surface area contributed by atoms with E-state index in [0.717, 1.165) is 0 Å². The molecule has 8 nitrogen and oxygen atoms in total. The summed E-state index contributed by atoms with van der Waals surface area (Å²) in [4.78, 5) is 27.5. The second kappa shape index (κ2) is 8.18. The third-order valence-corrected chi connectivity index (χ3v) is 3.63. The Labute approximate surface area is 145 Å². The lowest BCUT2D eigenvalue weighted by atomic mass is 10.0. The Morgan fingerprint density at radius 1 is 1.28 bits per heavy atom. The van der Waals surface area contributed by atoms with E-state index in [1.54, 1.807) is 37.6 Å². The molecular weight excluding hydrogens is 324 g/mol. The maximum atomic E-state index is 12.3. The molecule has 0 radical (unpaired) electrons. The maximum absolute atomic E-state index is 12.3. The van der Waals surface area contributed by atoms with Crippen molar-refractivity contribution in [3.8, 4) is 5.75 Å². The van der Waals surface area contributed by atoms with E-state index < -0.39 is 18.0 Å². The molecule has 1 aromatic heterocycles. The Kier molecular flexibility index (Phi) is 5.99. The number of hydrogen-bond donors (Lipinski definition) is 3. The van der Waals surface area contributed by atoms with E-state index >= 15 is 0 Å². The van der Waals surface area contributed by atoms with Crippen molar-refractivity contribution in [3.63, 3.8) is 0 Å². The number of aromatic nitrogens is 2. The number of imidazole rings is 1. The molecule has 3 N–H and O–H groups in total. The van der Waals surface area contributed by atoms with Gasteiger partial charge in [0.15, 0.2) is 0 Å². The first kappa shape index (κ1) is 18.3. The van der Waals surface area contributed by atoms with E-state index in [0.29, 0.717) is 17.3 Å². The number of urea groups is 1. The summed E-state index contributed by atoms with van der Waals surface area (Å²) in [7, 11) is 1.57. The number of hydrogen-bond acceptors (Lipinski definition) is 4. The number of ether oxygens (including phenoxy) is 1. The third kappa shape index (κ3) is 4.97. The Morgan fingerprint density at radius 2 is 1.96 bits per heavy atom. The highest BCUT2D eigenvalue weighted by Crippen LogP contribution is 2.21. The van der Waals surface area contributed by atoms with Crippen LogP contribution in [-0.2, 0) is 11.3 Å². The fourth-order valence-corrected chi connectivity index (χ4v) is 2.39. The Balaban J connectivity index is 2.09. The highest BCUT2D eigenvalue weighted by Gasteiger charge is 2.23. The first-order valence-electron chi connectivity index (χ1n) is 7.85. The number of anilines is 1. The van der Waals surface area contributed by atoms with Crippen LogP contribution < -0.4 is 15.4 Å². The van der Waals surface area contributed by atoms with Gasteiger partial charge in [0, 0.05) is 18.1 Å². The van der Waals surface area contributed by atoms with E-state index in [1.807, 2.05) is 13.8 Å². The molecule has 1 atom stereocenters. The molecule has 0 saturated heterocycles. The molecule has 0 fully saturated rings. The van der Waals surface area contributed by atoms with Crippen LogP contribution in [0.5, 0.6) is 5.75 Å². The number of methoxy groups -OCH3 is 1. The second-order valence-electron chi connectivity index (χ2n) is 5.86. The highest BCUT2D eigenvalue weighted by atomic mass is 16.5. The van der Waals surface area contributed by atoms with E-state index in [9.17, 15) is 9.59 Å². The topological polar surface area (TPSA) is 105 Å². The molecule has 0 saturated carbocycles. The molecule has 2 aromatic rings. The van der Waals surface area contributed by atoms with Crippen LogP contribution in [-0.4, -0.2) is 33.8 Å². The van der Waals surface area contributed by atoms with Gasteiger partial charge in [-0.1, -0.05) is 13.8 Å². The number of nitrogens with zero attached hydrogens (tertiary/aromatic N) is 2. The predicted molar refractivity (Wildman–Crippen MR) is 92.6 cm³/mol. The zero-order chi connectivity index (χ0) is 18.4. The van der Waals surface area contributed by atoms with Crippen molar-refractivity contribution in [2.45, 2.75) is 26.4 Å². The largest absolute Gasteiger partial charge is 0.497 e. The van der Waals surface area contributed by atoms with Crippen molar-refractivity contribution in [1.29, 1.82) is 0 Å². The van der Waals surface area contributed by atoms with Gasteiger partial charge in [0.25, 0.3) is 0 Å². The van der Waals surface area contributed by atoms with Gasteiger partial charge < -0.3 is 25.0 Å². The molecule has 0 spiro atoms. The van der Waals surface area contributed by atoms with Gasteiger partial charge in [0.05, 0.1) is 13.2 Å². The number of carbonyl (C=O) groups excluding carboxylic acids is 1. The quantitative estimate of drug-likeness (QED) is 0.714. The summed E-state index contributed by atoms with van der Waals surface area (Å²) in [6.07, 6.45) is 3.11. The Bertz CT molecular complexity index is 725. The van der Waals surface area contributed by atoms with Gasteiger partial charge in [-0.05, 0) is 30.2 Å². The molecule has 8 heteroatoms. The summed E-state index contributed by atoms with van der Waals surface area (Å²) < 4.78 is 6.59. The second-order valence-corrected chi connectivity index (χ2v) is 5.86. The molecule has 2 rings (SSSR count). The molecule has 25 heavy (non-hydrogen) atoms. The lowest BCUT2D eigenvalue weighted by Crippen LogP contribution is -2.37. The molecular formula is C17H22N4O4. The average Bonchev–Trinajstić information content (AvgIpc) is 3.00. The van der Waals surface area contributed by atoms with E-state index in [-0.39, 0.29) is 12.5 Å². The minimum Gasteiger partial charge on any atom is -0.497 e. The van der Waals surface area contributed by atoms with Gasteiger partial charge >= 0.3 is 12.0 Å². The van der Waals surface area contributed by atoms with Crippen LogP contribution in [0.3, 0.4) is 0 Å². The molecule has 0 aliphatic rings. The van der Waals surface area contributed by atoms with Gasteiger partial charge in [-0.15, -0.1) is 0 Å². The lowest BCUT2D eigenvalue weighted by molar-refractivity contribution is -0.137. The molecule has 134 valence electrons. The first-order chi connectivity index (χ1) is 11.9. The fraction of sp³-hybridized carbons (Fsp3) is 0.353. The standard InChI is InChI=1S/C17H22N4O4/c1-11(2)15(16-18-8-9-21(16)10-14(22)23)20-17(24)19-12-4-6-13(25-3)7-5-12/h4-9,11,15H,10H2,1-3H3,(H,22,23)(H2,19,20,24)/t15-/m0/s1. The molecule has 2 amide bonds. The van der Waals surface area contributed by atoms with Crippen molar-refractivity contribution in [2.24, 2.45) is 5.92 Å². The summed E-state index contributed by atoms with van der Waals surface area (Å²) in [6.45, 7) is 3.65. The van der Waals surface area contributed by atoms with E-state index in [1.165, 1.54) is 10.8 Å². The van der Waals surface area contributed by atoms with E-state index in [2.05, 4.69) is 15.6 Å². The average molecular weight is 346 g/mol. The number of nitrogens with one attached hydrogen (secondary N) is 2. The van der Waals surface area contributed by atoms with Gasteiger partial charge in [-0.25, -0.2) is 9.78 Å². The highest BCUT2D eigenvalue weighted by molar-refractivity contribution is 5.89. The van der Waals surface area contributed by atoms with Crippen molar-refractivity contribution in [3.05, 3.63) is 42.5 Å². The number of benzene rings is 1. The Hall–Kier alpha value is -3.03. The molecule has 1 heterocycles. The van der Waals surface area contributed by atoms with Crippen LogP contribution >= 0.6 is 0 Å². The van der Waals surface area contributed by atoms with Gasteiger partial charge in [-0.2, -0.15) is 0 Å². The number of amides is 2. The van der Waals surface area contributed by atoms with Crippen molar-refractivity contribution < 1.29 is 19.4 Å². The third-order valence-electron chi connectivity index (χ3n) is 3.63. The smallest absolute Gasteiger partial charge is 0.323 e. The van der Waals surface area contributed by atoms with Gasteiger partial charge in [0.2, 0.25) is 0 Å². The summed E-state index contributed by atoms with van der Waals surface area (Å²) in [5.74, 6) is 0.255. The van der Waals surface area contributed by atoms with Crippen LogP contribution in [0.15, 0.2) is 36.7 Å². The number of carboxylic acids is 1. The van der Waals surface area contributed by atoms with Crippen molar-refractivity contribution in [2.75, 3.05) is 12.4 Å². The van der Waals surface area contributed by atoms with Crippen LogP contribution in [0.2, 0.25) is 0 Å². The SMILES string of the molecule is COc1ccc(NC(=O)N[C@H](c2nccn2CC(=O)O)C(C)C)cc1. The minimum absolute atomic E-state index is 0.0246. The predicted octanol–water partition coefficient (Wildman–Crippen LogP) is 2.50. The number of aliphatic carboxylic acids is 1. The van der Waals surface area contributed by atoms with Crippen LogP contribution in [0.1, 0.15) is 25.7 Å². The minimum atomic E-state index is -0.968.